The van der Waals surface area contributed by atoms with E-state index in [0.29, 0.717) is 20.5 Å². The topological polar surface area (TPSA) is 108 Å². The quantitative estimate of drug-likeness (QED) is 0.282. The number of aromatic nitrogens is 4. The molecule has 0 unspecified atom stereocenters. The third-order valence-corrected chi connectivity index (χ3v) is 6.68. The zero-order valence-corrected chi connectivity index (χ0v) is 21.0. The Balaban J connectivity index is 1.59. The number of benzene rings is 1. The number of thiophene rings is 1. The molecule has 0 aliphatic rings. The summed E-state index contributed by atoms with van der Waals surface area (Å²) in [6.07, 6.45) is 4.36. The van der Waals surface area contributed by atoms with E-state index in [2.05, 4.69) is 30.8 Å². The summed E-state index contributed by atoms with van der Waals surface area (Å²) in [7, 11) is 3.94. The van der Waals surface area contributed by atoms with E-state index in [1.54, 1.807) is 35.3 Å². The maximum atomic E-state index is 12.4. The third-order valence-electron chi connectivity index (χ3n) is 5.45. The Kier molecular flexibility index (Phi) is 7.96. The molecule has 1 amide bonds. The van der Waals surface area contributed by atoms with Crippen molar-refractivity contribution in [2.75, 3.05) is 32.1 Å². The Bertz CT molecular complexity index is 1360. The molecule has 35 heavy (non-hydrogen) atoms. The molecule has 0 bridgehead atoms. The number of carbonyl (C=O) groups excluding carboxylic acids is 1. The van der Waals surface area contributed by atoms with Crippen LogP contribution in [0.4, 0.5) is 5.69 Å². The van der Waals surface area contributed by atoms with Crippen LogP contribution in [0.3, 0.4) is 0 Å². The highest BCUT2D eigenvalue weighted by Gasteiger charge is 2.15. The van der Waals surface area contributed by atoms with Gasteiger partial charge in [0.25, 0.3) is 11.5 Å². The van der Waals surface area contributed by atoms with Crippen molar-refractivity contribution in [3.8, 4) is 16.8 Å². The van der Waals surface area contributed by atoms with Crippen LogP contribution in [0.25, 0.3) is 16.8 Å². The largest absolute Gasteiger partial charge is 0.373 e. The highest BCUT2D eigenvalue weighted by molar-refractivity contribution is 7.17. The summed E-state index contributed by atoms with van der Waals surface area (Å²) in [5.74, 6) is -0.209. The van der Waals surface area contributed by atoms with E-state index in [0.717, 1.165) is 36.4 Å². The van der Waals surface area contributed by atoms with Gasteiger partial charge >= 0.3 is 0 Å². The highest BCUT2D eigenvalue weighted by atomic mass is 35.5. The van der Waals surface area contributed by atoms with Crippen LogP contribution in [0.5, 0.6) is 0 Å². The Morgan fingerprint density at radius 1 is 1.26 bits per heavy atom. The summed E-state index contributed by atoms with van der Waals surface area (Å²) in [4.78, 5) is 30.1. The fourth-order valence-electron chi connectivity index (χ4n) is 3.64. The van der Waals surface area contributed by atoms with Crippen LogP contribution >= 0.6 is 22.9 Å². The second-order valence-corrected chi connectivity index (χ2v) is 9.65. The van der Waals surface area contributed by atoms with Gasteiger partial charge in [0, 0.05) is 25.4 Å². The second kappa shape index (κ2) is 11.3. The molecular formula is C24H26ClN7O2S. The van der Waals surface area contributed by atoms with Gasteiger partial charge in [0.1, 0.15) is 5.69 Å². The fraction of sp³-hybridized carbons (Fsp3) is 0.250. The number of hydrogen-bond donors (Lipinski definition) is 3. The first-order valence-electron chi connectivity index (χ1n) is 11.1. The number of halogens is 1. The summed E-state index contributed by atoms with van der Waals surface area (Å²) in [6.45, 7) is 1.93. The van der Waals surface area contributed by atoms with E-state index >= 15 is 0 Å². The van der Waals surface area contributed by atoms with Crippen LogP contribution in [0.15, 0.2) is 59.7 Å². The van der Waals surface area contributed by atoms with Gasteiger partial charge in [-0.05, 0) is 62.0 Å². The summed E-state index contributed by atoms with van der Waals surface area (Å²) in [5.41, 5.74) is 3.62. The lowest BCUT2D eigenvalue weighted by Crippen LogP contribution is -2.23. The molecule has 0 spiro atoms. The lowest BCUT2D eigenvalue weighted by atomic mass is 10.1. The summed E-state index contributed by atoms with van der Waals surface area (Å²) >= 11 is 7.14. The molecule has 0 aliphatic carbocycles. The van der Waals surface area contributed by atoms with Crippen molar-refractivity contribution < 1.29 is 4.79 Å². The number of pyridine rings is 1. The predicted molar refractivity (Wildman–Crippen MR) is 140 cm³/mol. The third kappa shape index (κ3) is 5.97. The molecule has 0 fully saturated rings. The summed E-state index contributed by atoms with van der Waals surface area (Å²) in [5, 5.41) is 14.5. The van der Waals surface area contributed by atoms with Crippen molar-refractivity contribution in [3.05, 3.63) is 80.1 Å². The van der Waals surface area contributed by atoms with Crippen LogP contribution in [-0.2, 0) is 6.54 Å². The van der Waals surface area contributed by atoms with Gasteiger partial charge in [-0.1, -0.05) is 22.9 Å². The van der Waals surface area contributed by atoms with Crippen LogP contribution in [0.2, 0.25) is 4.34 Å². The maximum Gasteiger partial charge on any atom is 0.261 e. The van der Waals surface area contributed by atoms with Crippen LogP contribution < -0.4 is 21.1 Å². The molecule has 0 saturated heterocycles. The molecule has 0 aliphatic heterocycles. The minimum Gasteiger partial charge on any atom is -0.373 e. The second-order valence-electron chi connectivity index (χ2n) is 7.94. The molecule has 4 aromatic rings. The van der Waals surface area contributed by atoms with E-state index in [-0.39, 0.29) is 18.0 Å². The van der Waals surface area contributed by atoms with Gasteiger partial charge in [-0.3, -0.25) is 9.59 Å². The minimum absolute atomic E-state index is 0.144. The van der Waals surface area contributed by atoms with Gasteiger partial charge in [0.05, 0.1) is 33.3 Å². The van der Waals surface area contributed by atoms with E-state index in [4.69, 9.17) is 11.6 Å². The molecule has 3 N–H and O–H groups in total. The number of anilines is 1. The van der Waals surface area contributed by atoms with Crippen molar-refractivity contribution in [1.82, 2.24) is 30.6 Å². The van der Waals surface area contributed by atoms with Crippen LogP contribution in [0.1, 0.15) is 21.8 Å². The lowest BCUT2D eigenvalue weighted by Gasteiger charge is -2.23. The average Bonchev–Trinajstić information content (AvgIpc) is 3.52. The monoisotopic (exact) mass is 511 g/mol. The first-order chi connectivity index (χ1) is 17.0. The molecule has 9 nitrogen and oxygen atoms in total. The van der Waals surface area contributed by atoms with Crippen LogP contribution in [-0.4, -0.2) is 53.1 Å². The van der Waals surface area contributed by atoms with Gasteiger partial charge in [0.2, 0.25) is 0 Å². The van der Waals surface area contributed by atoms with E-state index in [9.17, 15) is 9.59 Å². The predicted octanol–water partition coefficient (Wildman–Crippen LogP) is 3.31. The number of amides is 1. The van der Waals surface area contributed by atoms with Gasteiger partial charge in [-0.15, -0.1) is 16.4 Å². The number of H-pyrrole nitrogens is 1. The minimum atomic E-state index is -0.209. The Morgan fingerprint density at radius 3 is 2.86 bits per heavy atom. The van der Waals surface area contributed by atoms with Crippen molar-refractivity contribution in [2.45, 2.75) is 13.0 Å². The average molecular weight is 512 g/mol. The number of nitrogens with zero attached hydrogens (tertiary/aromatic N) is 4. The van der Waals surface area contributed by atoms with E-state index in [1.807, 2.05) is 38.4 Å². The molecule has 182 valence electrons. The van der Waals surface area contributed by atoms with Gasteiger partial charge in [-0.25, -0.2) is 4.68 Å². The first kappa shape index (κ1) is 24.6. The normalized spacial score (nSPS) is 10.9. The first-order valence-corrected chi connectivity index (χ1v) is 12.3. The Labute approximate surface area is 211 Å². The Morgan fingerprint density at radius 2 is 2.11 bits per heavy atom. The SMILES string of the molecule is CNCCCN(C)c1cc(-c2ccc[nH]c2=O)ccc1-n1cc(CNC(=O)c2ccc(Cl)s2)nn1. The standard InChI is InChI=1S/C24H26ClN7O2S/c1-26-10-4-12-31(2)20-13-16(18-5-3-11-27-23(18)33)6-7-19(20)32-15-17(29-30-32)14-28-24(34)21-8-9-22(25)35-21/h3,5-9,11,13,15,26H,4,10,12,14H2,1-2H3,(H,27,33)(H,28,34). The molecule has 1 aromatic carbocycles. The smallest absolute Gasteiger partial charge is 0.261 e. The highest BCUT2D eigenvalue weighted by Crippen LogP contribution is 2.29. The molecule has 4 rings (SSSR count). The van der Waals surface area contributed by atoms with Crippen molar-refractivity contribution in [3.63, 3.8) is 0 Å². The lowest BCUT2D eigenvalue weighted by molar-refractivity contribution is 0.0954. The number of rotatable bonds is 10. The number of hydrogen-bond acceptors (Lipinski definition) is 7. The van der Waals surface area contributed by atoms with Crippen molar-refractivity contribution in [1.29, 1.82) is 0 Å². The van der Waals surface area contributed by atoms with Crippen LogP contribution in [0, 0.1) is 0 Å². The molecule has 3 heterocycles. The summed E-state index contributed by atoms with van der Waals surface area (Å²) < 4.78 is 2.25. The molecule has 0 saturated carbocycles. The molecule has 0 atom stereocenters. The van der Waals surface area contributed by atoms with Crippen molar-refractivity contribution in [2.24, 2.45) is 0 Å². The Hall–Kier alpha value is -3.47. The van der Waals surface area contributed by atoms with Gasteiger partial charge < -0.3 is 20.5 Å². The number of nitrogens with one attached hydrogen (secondary N) is 3. The summed E-state index contributed by atoms with van der Waals surface area (Å²) in [6, 6.07) is 12.8. The number of aromatic amines is 1. The zero-order valence-electron chi connectivity index (χ0n) is 19.4. The molecule has 0 radical (unpaired) electrons. The van der Waals surface area contributed by atoms with E-state index in [1.165, 1.54) is 11.3 Å². The molecule has 11 heteroatoms. The zero-order chi connectivity index (χ0) is 24.8. The number of carbonyl (C=O) groups is 1. The fourth-order valence-corrected chi connectivity index (χ4v) is 4.60. The molecule has 3 aromatic heterocycles. The molecular weight excluding hydrogens is 486 g/mol. The van der Waals surface area contributed by atoms with E-state index < -0.39 is 0 Å². The van der Waals surface area contributed by atoms with Crippen molar-refractivity contribution >= 4 is 34.5 Å². The van der Waals surface area contributed by atoms with Gasteiger partial charge in [0.15, 0.2) is 0 Å². The van der Waals surface area contributed by atoms with Gasteiger partial charge in [-0.2, -0.15) is 0 Å². The maximum absolute atomic E-state index is 12.4.